The van der Waals surface area contributed by atoms with Gasteiger partial charge in [0.1, 0.15) is 6.04 Å². The molecule has 0 aromatic heterocycles. The molecule has 0 radical (unpaired) electrons. The van der Waals surface area contributed by atoms with Crippen molar-refractivity contribution in [3.63, 3.8) is 0 Å². The van der Waals surface area contributed by atoms with E-state index in [0.29, 0.717) is 24.6 Å². The molecule has 0 spiro atoms. The average Bonchev–Trinajstić information content (AvgIpc) is 2.99. The lowest BCUT2D eigenvalue weighted by molar-refractivity contribution is -0.136. The van der Waals surface area contributed by atoms with Crippen LogP contribution >= 0.6 is 0 Å². The fourth-order valence-corrected chi connectivity index (χ4v) is 4.67. The molecule has 1 saturated heterocycles. The van der Waals surface area contributed by atoms with E-state index in [1.54, 1.807) is 18.2 Å². The molecular weight excluding hydrogens is 446 g/mol. The Morgan fingerprint density at radius 1 is 1.09 bits per heavy atom. The number of carbonyl (C=O) groups is 4. The van der Waals surface area contributed by atoms with Crippen LogP contribution in [-0.2, 0) is 14.3 Å². The van der Waals surface area contributed by atoms with E-state index in [1.165, 1.54) is 0 Å². The Bertz CT molecular complexity index is 968. The Balaban J connectivity index is 0.00000210. The van der Waals surface area contributed by atoms with E-state index in [4.69, 9.17) is 4.74 Å². The summed E-state index contributed by atoms with van der Waals surface area (Å²) in [5.74, 6) is -1.50. The lowest BCUT2D eigenvalue weighted by Gasteiger charge is -2.32. The number of piperidine rings is 1. The van der Waals surface area contributed by atoms with Gasteiger partial charge in [-0.1, -0.05) is 33.8 Å². The van der Waals surface area contributed by atoms with Crippen molar-refractivity contribution in [3.8, 4) is 0 Å². The summed E-state index contributed by atoms with van der Waals surface area (Å²) in [6.07, 6.45) is 1.88. The molecule has 3 rings (SSSR count). The predicted octanol–water partition coefficient (Wildman–Crippen LogP) is 4.54. The number of nitrogens with zero attached hydrogens (tertiary/aromatic N) is 1. The van der Waals surface area contributed by atoms with E-state index < -0.39 is 35.2 Å². The van der Waals surface area contributed by atoms with Crippen molar-refractivity contribution in [3.05, 3.63) is 29.3 Å². The average molecular weight is 488 g/mol. The van der Waals surface area contributed by atoms with E-state index in [1.807, 2.05) is 27.7 Å². The van der Waals surface area contributed by atoms with E-state index in [-0.39, 0.29) is 29.6 Å². The second-order valence-corrected chi connectivity index (χ2v) is 10.6. The van der Waals surface area contributed by atoms with Crippen molar-refractivity contribution in [2.45, 2.75) is 98.3 Å². The number of carbonyl (C=O) groups excluding carboxylic acids is 4. The second kappa shape index (κ2) is 11.3. The Labute approximate surface area is 209 Å². The zero-order valence-corrected chi connectivity index (χ0v) is 22.4. The minimum Gasteiger partial charge on any atom is -0.379 e. The molecule has 1 aromatic carbocycles. The normalized spacial score (nSPS) is 18.3. The smallest absolute Gasteiger partial charge is 0.264 e. The number of imide groups is 2. The monoisotopic (exact) mass is 487 g/mol. The van der Waals surface area contributed by atoms with Gasteiger partial charge < -0.3 is 10.1 Å². The molecular formula is C27H41N3O5. The van der Waals surface area contributed by atoms with Gasteiger partial charge in [-0.25, -0.2) is 0 Å². The number of rotatable bonds is 9. The van der Waals surface area contributed by atoms with Crippen LogP contribution in [0.5, 0.6) is 0 Å². The van der Waals surface area contributed by atoms with Crippen LogP contribution in [-0.4, -0.2) is 52.3 Å². The van der Waals surface area contributed by atoms with E-state index in [9.17, 15) is 19.2 Å². The van der Waals surface area contributed by atoms with Crippen LogP contribution in [0, 0.1) is 5.92 Å². The Hall–Kier alpha value is -2.74. The molecule has 2 aliphatic heterocycles. The van der Waals surface area contributed by atoms with Gasteiger partial charge in [-0.2, -0.15) is 0 Å². The summed E-state index contributed by atoms with van der Waals surface area (Å²) >= 11 is 0. The van der Waals surface area contributed by atoms with Gasteiger partial charge in [0.2, 0.25) is 11.8 Å². The van der Waals surface area contributed by atoms with Crippen LogP contribution in [0.15, 0.2) is 18.2 Å². The summed E-state index contributed by atoms with van der Waals surface area (Å²) in [5, 5.41) is 5.62. The first-order valence-corrected chi connectivity index (χ1v) is 12.6. The van der Waals surface area contributed by atoms with Gasteiger partial charge in [-0.15, -0.1) is 0 Å². The maximum atomic E-state index is 13.3. The first kappa shape index (κ1) is 28.5. The van der Waals surface area contributed by atoms with Crippen LogP contribution < -0.4 is 10.6 Å². The number of hydrogen-bond donors (Lipinski definition) is 2. The molecule has 0 aliphatic carbocycles. The predicted molar refractivity (Wildman–Crippen MR) is 136 cm³/mol. The third kappa shape index (κ3) is 6.90. The molecule has 194 valence electrons. The molecule has 0 saturated carbocycles. The van der Waals surface area contributed by atoms with Crippen LogP contribution in [0.4, 0.5) is 5.69 Å². The molecule has 1 aromatic rings. The molecule has 8 heteroatoms. The fourth-order valence-electron chi connectivity index (χ4n) is 4.67. The number of benzene rings is 1. The maximum Gasteiger partial charge on any atom is 0.264 e. The zero-order chi connectivity index (χ0) is 26.6. The van der Waals surface area contributed by atoms with Crippen molar-refractivity contribution in [1.82, 2.24) is 10.2 Å². The van der Waals surface area contributed by atoms with Crippen molar-refractivity contribution in [2.75, 3.05) is 11.9 Å². The maximum absolute atomic E-state index is 13.3. The molecule has 2 heterocycles. The number of anilines is 1. The summed E-state index contributed by atoms with van der Waals surface area (Å²) in [5.41, 5.74) is 0.450. The van der Waals surface area contributed by atoms with Crippen molar-refractivity contribution in [1.29, 1.82) is 0 Å². The molecule has 1 fully saturated rings. The first-order valence-electron chi connectivity index (χ1n) is 12.6. The van der Waals surface area contributed by atoms with E-state index >= 15 is 0 Å². The molecule has 1 atom stereocenters. The van der Waals surface area contributed by atoms with Crippen molar-refractivity contribution >= 4 is 29.3 Å². The third-order valence-electron chi connectivity index (χ3n) is 6.06. The molecule has 1 unspecified atom stereocenters. The Morgan fingerprint density at radius 2 is 1.74 bits per heavy atom. The Morgan fingerprint density at radius 3 is 2.34 bits per heavy atom. The lowest BCUT2D eigenvalue weighted by atomic mass is 9.95. The summed E-state index contributed by atoms with van der Waals surface area (Å²) in [6.45, 7) is 17.1. The van der Waals surface area contributed by atoms with Crippen molar-refractivity contribution in [2.24, 2.45) is 5.92 Å². The molecule has 0 bridgehead atoms. The summed E-state index contributed by atoms with van der Waals surface area (Å²) in [4.78, 5) is 51.1. The summed E-state index contributed by atoms with van der Waals surface area (Å²) in [7, 11) is 0. The van der Waals surface area contributed by atoms with Gasteiger partial charge in [0.15, 0.2) is 0 Å². The topological polar surface area (TPSA) is 105 Å². The largest absolute Gasteiger partial charge is 0.379 e. The van der Waals surface area contributed by atoms with Crippen LogP contribution in [0.2, 0.25) is 0 Å². The minimum atomic E-state index is -0.979. The van der Waals surface area contributed by atoms with Gasteiger partial charge in [0.05, 0.1) is 16.7 Å². The fraction of sp³-hybridized carbons (Fsp3) is 0.630. The highest BCUT2D eigenvalue weighted by Gasteiger charge is 2.45. The quantitative estimate of drug-likeness (QED) is 0.496. The lowest BCUT2D eigenvalue weighted by Crippen LogP contribution is -2.54. The van der Waals surface area contributed by atoms with Gasteiger partial charge in [-0.3, -0.25) is 29.4 Å². The highest BCUT2D eigenvalue weighted by molar-refractivity contribution is 6.25. The second-order valence-electron chi connectivity index (χ2n) is 10.6. The minimum absolute atomic E-state index is 0.0924. The Kier molecular flexibility index (Phi) is 9.23. The first-order chi connectivity index (χ1) is 16.3. The van der Waals surface area contributed by atoms with Gasteiger partial charge in [-0.05, 0) is 65.0 Å². The molecule has 2 N–H and O–H groups in total. The number of fused-ring (bicyclic) bond motifs is 1. The number of amides is 4. The number of hydrogen-bond acceptors (Lipinski definition) is 6. The SMILES string of the molecule is CC.CC(C)CC(C)(C)OCCC(C)(C)Nc1cccc2c1C(=O)N(C1CCC(=O)NC1=O)C2=O. The number of nitrogens with one attached hydrogen (secondary N) is 2. The summed E-state index contributed by atoms with van der Waals surface area (Å²) < 4.78 is 6.12. The third-order valence-corrected chi connectivity index (χ3v) is 6.06. The van der Waals surface area contributed by atoms with E-state index in [0.717, 1.165) is 11.3 Å². The van der Waals surface area contributed by atoms with Crippen LogP contribution in [0.1, 0.15) is 102 Å². The zero-order valence-electron chi connectivity index (χ0n) is 22.4. The molecule has 2 aliphatic rings. The molecule has 35 heavy (non-hydrogen) atoms. The highest BCUT2D eigenvalue weighted by atomic mass is 16.5. The van der Waals surface area contributed by atoms with Gasteiger partial charge >= 0.3 is 0 Å². The standard InChI is InChI=1S/C25H35N3O5.C2H6/c1-15(2)14-25(5,6)33-13-12-24(3,4)27-17-9-7-8-16-20(17)23(32)28(22(16)31)18-10-11-19(29)26-21(18)30;1-2/h7-9,15,18,27H,10-14H2,1-6H3,(H,26,29,30);1-2H3. The van der Waals surface area contributed by atoms with E-state index in [2.05, 4.69) is 38.3 Å². The van der Waals surface area contributed by atoms with Crippen molar-refractivity contribution < 1.29 is 23.9 Å². The van der Waals surface area contributed by atoms with Gasteiger partial charge in [0.25, 0.3) is 11.8 Å². The summed E-state index contributed by atoms with van der Waals surface area (Å²) in [6, 6.07) is 4.10. The highest BCUT2D eigenvalue weighted by Crippen LogP contribution is 2.34. The van der Waals surface area contributed by atoms with Gasteiger partial charge in [0, 0.05) is 24.3 Å². The molecule has 4 amide bonds. The number of ether oxygens (including phenoxy) is 1. The van der Waals surface area contributed by atoms with Crippen LogP contribution in [0.25, 0.3) is 0 Å². The molecule has 8 nitrogen and oxygen atoms in total. The van der Waals surface area contributed by atoms with Crippen LogP contribution in [0.3, 0.4) is 0 Å².